The van der Waals surface area contributed by atoms with Gasteiger partial charge in [0.1, 0.15) is 5.82 Å². The summed E-state index contributed by atoms with van der Waals surface area (Å²) in [6.07, 6.45) is 1.82. The molecule has 3 heteroatoms. The van der Waals surface area contributed by atoms with E-state index in [4.69, 9.17) is 5.11 Å². The summed E-state index contributed by atoms with van der Waals surface area (Å²) in [5, 5.41) is 8.81. The van der Waals surface area contributed by atoms with E-state index in [1.165, 1.54) is 5.56 Å². The van der Waals surface area contributed by atoms with Crippen molar-refractivity contribution in [1.82, 2.24) is 4.98 Å². The topological polar surface area (TPSA) is 36.4 Å². The van der Waals surface area contributed by atoms with Crippen molar-refractivity contribution in [3.05, 3.63) is 23.9 Å². The number of rotatable bonds is 4. The third kappa shape index (κ3) is 2.70. The highest BCUT2D eigenvalue weighted by Crippen LogP contribution is 2.17. The Morgan fingerprint density at radius 2 is 2.21 bits per heavy atom. The van der Waals surface area contributed by atoms with Crippen molar-refractivity contribution in [2.24, 2.45) is 0 Å². The highest BCUT2D eigenvalue weighted by Gasteiger charge is 2.04. The number of aliphatic hydroxyl groups excluding tert-OH is 1. The zero-order valence-corrected chi connectivity index (χ0v) is 9.07. The van der Waals surface area contributed by atoms with E-state index in [0.717, 1.165) is 5.82 Å². The Balaban J connectivity index is 2.82. The molecule has 1 heterocycles. The molecule has 0 aromatic carbocycles. The van der Waals surface area contributed by atoms with Gasteiger partial charge in [-0.3, -0.25) is 0 Å². The lowest BCUT2D eigenvalue weighted by atomic mass is 10.1. The van der Waals surface area contributed by atoms with E-state index in [9.17, 15) is 0 Å². The molecule has 1 aromatic rings. The zero-order valence-electron chi connectivity index (χ0n) is 9.07. The molecule has 1 aromatic heterocycles. The van der Waals surface area contributed by atoms with Crippen molar-refractivity contribution in [3.8, 4) is 0 Å². The van der Waals surface area contributed by atoms with Gasteiger partial charge in [0.05, 0.1) is 6.61 Å². The molecule has 0 saturated heterocycles. The average molecular weight is 194 g/mol. The minimum atomic E-state index is 0.157. The van der Waals surface area contributed by atoms with Gasteiger partial charge < -0.3 is 10.0 Å². The molecule has 14 heavy (non-hydrogen) atoms. The fraction of sp³-hybridized carbons (Fsp3) is 0.545. The van der Waals surface area contributed by atoms with E-state index in [-0.39, 0.29) is 6.61 Å². The Morgan fingerprint density at radius 1 is 1.50 bits per heavy atom. The fourth-order valence-electron chi connectivity index (χ4n) is 1.27. The Bertz CT molecular complexity index is 286. The van der Waals surface area contributed by atoms with Crippen LogP contribution < -0.4 is 4.90 Å². The number of anilines is 1. The van der Waals surface area contributed by atoms with Crippen LogP contribution in [0.2, 0.25) is 0 Å². The van der Waals surface area contributed by atoms with Crippen molar-refractivity contribution < 1.29 is 5.11 Å². The maximum Gasteiger partial charge on any atom is 0.128 e. The van der Waals surface area contributed by atoms with Gasteiger partial charge in [0.15, 0.2) is 0 Å². The summed E-state index contributed by atoms with van der Waals surface area (Å²) in [5.74, 6) is 1.43. The highest BCUT2D eigenvalue weighted by molar-refractivity contribution is 5.40. The quantitative estimate of drug-likeness (QED) is 0.791. The van der Waals surface area contributed by atoms with Crippen LogP contribution in [0.25, 0.3) is 0 Å². The SMILES string of the molecule is CC(C)c1ccnc(N(C)CCO)c1. The van der Waals surface area contributed by atoms with E-state index < -0.39 is 0 Å². The van der Waals surface area contributed by atoms with Crippen LogP contribution in [-0.4, -0.2) is 30.3 Å². The van der Waals surface area contributed by atoms with Gasteiger partial charge in [0, 0.05) is 19.8 Å². The predicted molar refractivity (Wildman–Crippen MR) is 58.7 cm³/mol. The molecule has 0 unspecified atom stereocenters. The van der Waals surface area contributed by atoms with Gasteiger partial charge >= 0.3 is 0 Å². The van der Waals surface area contributed by atoms with Gasteiger partial charge in [-0.1, -0.05) is 13.8 Å². The Labute approximate surface area is 85.4 Å². The molecule has 78 valence electrons. The summed E-state index contributed by atoms with van der Waals surface area (Å²) in [6, 6.07) is 4.10. The fourth-order valence-corrected chi connectivity index (χ4v) is 1.27. The largest absolute Gasteiger partial charge is 0.395 e. The second kappa shape index (κ2) is 4.96. The number of hydrogen-bond donors (Lipinski definition) is 1. The minimum absolute atomic E-state index is 0.157. The molecular formula is C11H18N2O. The monoisotopic (exact) mass is 194 g/mol. The van der Waals surface area contributed by atoms with E-state index in [1.54, 1.807) is 0 Å². The summed E-state index contributed by atoms with van der Waals surface area (Å²) < 4.78 is 0. The van der Waals surface area contributed by atoms with Gasteiger partial charge in [0.2, 0.25) is 0 Å². The number of pyridine rings is 1. The predicted octanol–water partition coefficient (Wildman–Crippen LogP) is 1.63. The van der Waals surface area contributed by atoms with Crippen LogP contribution in [0.1, 0.15) is 25.3 Å². The Morgan fingerprint density at radius 3 is 2.79 bits per heavy atom. The van der Waals surface area contributed by atoms with Crippen molar-refractivity contribution in [3.63, 3.8) is 0 Å². The van der Waals surface area contributed by atoms with Gasteiger partial charge in [-0.15, -0.1) is 0 Å². The molecule has 1 rings (SSSR count). The van der Waals surface area contributed by atoms with Crippen molar-refractivity contribution in [2.75, 3.05) is 25.1 Å². The lowest BCUT2D eigenvalue weighted by Gasteiger charge is -2.17. The second-order valence-corrected chi connectivity index (χ2v) is 3.75. The molecule has 0 atom stereocenters. The van der Waals surface area contributed by atoms with Crippen LogP contribution in [0.4, 0.5) is 5.82 Å². The molecule has 0 saturated carbocycles. The van der Waals surface area contributed by atoms with Crippen LogP contribution in [-0.2, 0) is 0 Å². The molecule has 0 spiro atoms. The zero-order chi connectivity index (χ0) is 10.6. The van der Waals surface area contributed by atoms with Crippen LogP contribution >= 0.6 is 0 Å². The van der Waals surface area contributed by atoms with Crippen LogP contribution in [0.15, 0.2) is 18.3 Å². The lowest BCUT2D eigenvalue weighted by molar-refractivity contribution is 0.304. The van der Waals surface area contributed by atoms with E-state index in [2.05, 4.69) is 24.9 Å². The van der Waals surface area contributed by atoms with E-state index in [1.807, 2.05) is 24.2 Å². The second-order valence-electron chi connectivity index (χ2n) is 3.75. The highest BCUT2D eigenvalue weighted by atomic mass is 16.3. The van der Waals surface area contributed by atoms with Crippen molar-refractivity contribution >= 4 is 5.82 Å². The van der Waals surface area contributed by atoms with Gasteiger partial charge in [-0.2, -0.15) is 0 Å². The van der Waals surface area contributed by atoms with E-state index in [0.29, 0.717) is 12.5 Å². The Hall–Kier alpha value is -1.09. The number of nitrogens with zero attached hydrogens (tertiary/aromatic N) is 2. The maximum absolute atomic E-state index is 8.81. The first-order valence-electron chi connectivity index (χ1n) is 4.93. The van der Waals surface area contributed by atoms with Crippen LogP contribution in [0.3, 0.4) is 0 Å². The summed E-state index contributed by atoms with van der Waals surface area (Å²) in [5.41, 5.74) is 1.28. The van der Waals surface area contributed by atoms with E-state index >= 15 is 0 Å². The molecule has 0 aliphatic heterocycles. The molecule has 0 aliphatic rings. The number of aromatic nitrogens is 1. The third-order valence-electron chi connectivity index (χ3n) is 2.26. The molecule has 0 fully saturated rings. The molecule has 0 radical (unpaired) electrons. The number of likely N-dealkylation sites (N-methyl/N-ethyl adjacent to an activating group) is 1. The first-order chi connectivity index (χ1) is 6.65. The third-order valence-corrected chi connectivity index (χ3v) is 2.26. The Kier molecular flexibility index (Phi) is 3.89. The van der Waals surface area contributed by atoms with Gasteiger partial charge in [-0.25, -0.2) is 4.98 Å². The van der Waals surface area contributed by atoms with Crippen molar-refractivity contribution in [1.29, 1.82) is 0 Å². The molecule has 0 amide bonds. The summed E-state index contributed by atoms with van der Waals surface area (Å²) in [6.45, 7) is 5.09. The first kappa shape index (κ1) is 11.0. The molecule has 1 N–H and O–H groups in total. The summed E-state index contributed by atoms with van der Waals surface area (Å²) in [7, 11) is 1.93. The summed E-state index contributed by atoms with van der Waals surface area (Å²) in [4.78, 5) is 6.21. The number of aliphatic hydroxyl groups is 1. The molecule has 3 nitrogen and oxygen atoms in total. The smallest absolute Gasteiger partial charge is 0.128 e. The number of hydrogen-bond acceptors (Lipinski definition) is 3. The average Bonchev–Trinajstić information content (AvgIpc) is 2.18. The summed E-state index contributed by atoms with van der Waals surface area (Å²) >= 11 is 0. The standard InChI is InChI=1S/C11H18N2O/c1-9(2)10-4-5-12-11(8-10)13(3)6-7-14/h4-5,8-9,14H,6-7H2,1-3H3. The molecule has 0 bridgehead atoms. The van der Waals surface area contributed by atoms with Crippen LogP contribution in [0, 0.1) is 0 Å². The maximum atomic E-state index is 8.81. The molecular weight excluding hydrogens is 176 g/mol. The van der Waals surface area contributed by atoms with Crippen molar-refractivity contribution in [2.45, 2.75) is 19.8 Å². The lowest BCUT2D eigenvalue weighted by Crippen LogP contribution is -2.22. The molecule has 0 aliphatic carbocycles. The van der Waals surface area contributed by atoms with Crippen LogP contribution in [0.5, 0.6) is 0 Å². The van der Waals surface area contributed by atoms with Gasteiger partial charge in [0.25, 0.3) is 0 Å². The first-order valence-corrected chi connectivity index (χ1v) is 4.93. The minimum Gasteiger partial charge on any atom is -0.395 e. The normalized spacial score (nSPS) is 10.6. The van der Waals surface area contributed by atoms with Gasteiger partial charge in [-0.05, 0) is 23.6 Å².